The first-order valence-corrected chi connectivity index (χ1v) is 5.20. The molecule has 0 N–H and O–H groups in total. The fraction of sp³-hybridized carbons (Fsp3) is 0.111. The molecule has 1 aliphatic carbocycles. The van der Waals surface area contributed by atoms with Gasteiger partial charge >= 0.3 is 0 Å². The maximum absolute atomic E-state index is 3.18. The normalized spacial score (nSPS) is 13.1. The molecule has 0 amide bonds. The zero-order valence-corrected chi connectivity index (χ0v) is 7.39. The van der Waals surface area contributed by atoms with Gasteiger partial charge in [0.15, 0.2) is 0 Å². The minimum Gasteiger partial charge on any atom is -0.143 e. The highest BCUT2D eigenvalue weighted by Gasteiger charge is 2.19. The monoisotopic (exact) mass is 177 g/mol. The van der Waals surface area contributed by atoms with Gasteiger partial charge in [-0.15, -0.1) is 22.7 Å². The van der Waals surface area contributed by atoms with Crippen molar-refractivity contribution in [2.75, 3.05) is 0 Å². The maximum atomic E-state index is 3.18. The second-order valence-electron chi connectivity index (χ2n) is 2.65. The molecule has 0 aromatic carbocycles. The molecule has 3 rings (SSSR count). The highest BCUT2D eigenvalue weighted by atomic mass is 32.1. The third-order valence-corrected chi connectivity index (χ3v) is 3.86. The number of hydrogen-bond acceptors (Lipinski definition) is 2. The van der Waals surface area contributed by atoms with Gasteiger partial charge < -0.3 is 0 Å². The van der Waals surface area contributed by atoms with E-state index in [-0.39, 0.29) is 0 Å². The summed E-state index contributed by atoms with van der Waals surface area (Å²) in [6.07, 6.45) is 1.14. The van der Waals surface area contributed by atoms with Gasteiger partial charge in [-0.05, 0) is 23.1 Å². The molecule has 53 valence electrons. The minimum absolute atomic E-state index is 1.14. The van der Waals surface area contributed by atoms with Gasteiger partial charge in [0, 0.05) is 27.1 Å². The molecule has 0 saturated heterocycles. The summed E-state index contributed by atoms with van der Waals surface area (Å²) in [6, 6.07) is 4.34. The Morgan fingerprint density at radius 2 is 2.45 bits per heavy atom. The van der Waals surface area contributed by atoms with Crippen LogP contribution in [0.1, 0.15) is 10.4 Å². The molecule has 1 aliphatic rings. The van der Waals surface area contributed by atoms with E-state index in [0.29, 0.717) is 0 Å². The molecule has 2 aromatic rings. The zero-order chi connectivity index (χ0) is 7.26. The highest BCUT2D eigenvalue weighted by molar-refractivity contribution is 7.15. The predicted octanol–water partition coefficient (Wildman–Crippen LogP) is 3.18. The Hall–Kier alpha value is -0.600. The van der Waals surface area contributed by atoms with Gasteiger partial charge in [-0.3, -0.25) is 0 Å². The van der Waals surface area contributed by atoms with E-state index in [9.17, 15) is 0 Å². The molecule has 0 atom stereocenters. The van der Waals surface area contributed by atoms with Crippen molar-refractivity contribution in [1.82, 2.24) is 0 Å². The number of fused-ring (bicyclic) bond motifs is 3. The zero-order valence-electron chi connectivity index (χ0n) is 5.76. The Balaban J connectivity index is 2.38. The van der Waals surface area contributed by atoms with Gasteiger partial charge in [0.25, 0.3) is 0 Å². The smallest absolute Gasteiger partial charge is 0.0452 e. The Labute approximate surface area is 73.1 Å². The largest absolute Gasteiger partial charge is 0.143 e. The lowest BCUT2D eigenvalue weighted by Gasteiger charge is -1.84. The number of hydrogen-bond donors (Lipinski definition) is 0. The van der Waals surface area contributed by atoms with Crippen molar-refractivity contribution in [3.05, 3.63) is 33.3 Å². The minimum atomic E-state index is 1.14. The first kappa shape index (κ1) is 5.98. The van der Waals surface area contributed by atoms with E-state index in [1.54, 1.807) is 11.3 Å². The van der Waals surface area contributed by atoms with E-state index < -0.39 is 0 Å². The fourth-order valence-electron chi connectivity index (χ4n) is 1.50. The Morgan fingerprint density at radius 1 is 1.45 bits per heavy atom. The van der Waals surface area contributed by atoms with Crippen molar-refractivity contribution < 1.29 is 0 Å². The van der Waals surface area contributed by atoms with E-state index in [4.69, 9.17) is 0 Å². The van der Waals surface area contributed by atoms with Crippen LogP contribution in [0.5, 0.6) is 0 Å². The molecule has 2 heteroatoms. The van der Waals surface area contributed by atoms with Crippen LogP contribution in [0.3, 0.4) is 0 Å². The van der Waals surface area contributed by atoms with E-state index in [2.05, 4.69) is 22.9 Å². The van der Waals surface area contributed by atoms with Crippen LogP contribution in [0.15, 0.2) is 17.5 Å². The SMILES string of the molecule is [c]1cc2c(s1)Cc1ccsc1-2. The molecule has 0 unspecified atom stereocenters. The molecule has 0 spiro atoms. The summed E-state index contributed by atoms with van der Waals surface area (Å²) in [5.74, 6) is 0. The summed E-state index contributed by atoms with van der Waals surface area (Å²) in [7, 11) is 0. The second-order valence-corrected chi connectivity index (χ2v) is 4.50. The van der Waals surface area contributed by atoms with Crippen LogP contribution in [0.25, 0.3) is 10.4 Å². The van der Waals surface area contributed by atoms with E-state index in [1.807, 2.05) is 11.3 Å². The van der Waals surface area contributed by atoms with Gasteiger partial charge in [-0.25, -0.2) is 0 Å². The first-order chi connectivity index (χ1) is 5.45. The Bertz CT molecular complexity index is 357. The quantitative estimate of drug-likeness (QED) is 0.494. The van der Waals surface area contributed by atoms with Gasteiger partial charge in [-0.1, -0.05) is 0 Å². The van der Waals surface area contributed by atoms with Gasteiger partial charge in [0.2, 0.25) is 0 Å². The molecule has 0 saturated carbocycles. The van der Waals surface area contributed by atoms with E-state index >= 15 is 0 Å². The molecule has 0 fully saturated rings. The van der Waals surface area contributed by atoms with Crippen LogP contribution in [0.4, 0.5) is 0 Å². The molecule has 2 heterocycles. The lowest BCUT2D eigenvalue weighted by Crippen LogP contribution is -1.70. The molecular formula is C9H5S2. The summed E-state index contributed by atoms with van der Waals surface area (Å²) >= 11 is 3.60. The summed E-state index contributed by atoms with van der Waals surface area (Å²) in [4.78, 5) is 2.96. The molecule has 11 heavy (non-hydrogen) atoms. The second kappa shape index (κ2) is 1.96. The summed E-state index contributed by atoms with van der Waals surface area (Å²) in [5, 5.41) is 5.35. The standard InChI is InChI=1S/C9H5S2/c1-3-11-9-6(1)5-8-7(9)2-4-10-8/h1-3H,5H2. The third kappa shape index (κ3) is 0.686. The molecule has 0 bridgehead atoms. The van der Waals surface area contributed by atoms with Crippen molar-refractivity contribution in [3.8, 4) is 10.4 Å². The third-order valence-electron chi connectivity index (χ3n) is 2.03. The van der Waals surface area contributed by atoms with Crippen LogP contribution >= 0.6 is 22.7 Å². The van der Waals surface area contributed by atoms with E-state index in [1.165, 1.54) is 20.9 Å². The number of thiophene rings is 2. The fourth-order valence-corrected chi connectivity index (χ4v) is 3.35. The van der Waals surface area contributed by atoms with Crippen LogP contribution < -0.4 is 0 Å². The van der Waals surface area contributed by atoms with Crippen LogP contribution in [0, 0.1) is 5.38 Å². The van der Waals surface area contributed by atoms with Crippen molar-refractivity contribution in [2.45, 2.75) is 6.42 Å². The lowest BCUT2D eigenvalue weighted by atomic mass is 10.3. The Kier molecular flexibility index (Phi) is 1.06. The summed E-state index contributed by atoms with van der Waals surface area (Å²) in [6.45, 7) is 0. The summed E-state index contributed by atoms with van der Waals surface area (Å²) < 4.78 is 0. The number of rotatable bonds is 0. The van der Waals surface area contributed by atoms with Crippen LogP contribution in [-0.4, -0.2) is 0 Å². The molecule has 0 aliphatic heterocycles. The highest BCUT2D eigenvalue weighted by Crippen LogP contribution is 2.42. The van der Waals surface area contributed by atoms with Gasteiger partial charge in [-0.2, -0.15) is 0 Å². The average Bonchev–Trinajstić information content (AvgIpc) is 2.52. The lowest BCUT2D eigenvalue weighted by molar-refractivity contribution is 1.33. The van der Waals surface area contributed by atoms with Crippen molar-refractivity contribution in [1.29, 1.82) is 0 Å². The van der Waals surface area contributed by atoms with E-state index in [0.717, 1.165) is 6.42 Å². The van der Waals surface area contributed by atoms with Gasteiger partial charge in [0.05, 0.1) is 0 Å². The molecular weight excluding hydrogens is 172 g/mol. The predicted molar refractivity (Wildman–Crippen MR) is 49.3 cm³/mol. The van der Waals surface area contributed by atoms with Crippen molar-refractivity contribution >= 4 is 22.7 Å². The first-order valence-electron chi connectivity index (χ1n) is 3.50. The van der Waals surface area contributed by atoms with Crippen LogP contribution in [-0.2, 0) is 6.42 Å². The topological polar surface area (TPSA) is 0 Å². The van der Waals surface area contributed by atoms with Crippen molar-refractivity contribution in [3.63, 3.8) is 0 Å². The Morgan fingerprint density at radius 3 is 3.45 bits per heavy atom. The maximum Gasteiger partial charge on any atom is 0.0452 e. The van der Waals surface area contributed by atoms with Crippen LogP contribution in [0.2, 0.25) is 0 Å². The molecule has 2 aromatic heterocycles. The molecule has 0 nitrogen and oxygen atoms in total. The van der Waals surface area contributed by atoms with Crippen molar-refractivity contribution in [2.24, 2.45) is 0 Å². The average molecular weight is 177 g/mol. The molecule has 1 radical (unpaired) electrons. The van der Waals surface area contributed by atoms with Gasteiger partial charge in [0.1, 0.15) is 0 Å². The summed E-state index contributed by atoms with van der Waals surface area (Å²) in [5.41, 5.74) is 2.94.